The summed E-state index contributed by atoms with van der Waals surface area (Å²) in [5.74, 6) is 1.90. The van der Waals surface area contributed by atoms with E-state index in [4.69, 9.17) is 23.8 Å². The molecule has 5 nitrogen and oxygen atoms in total. The van der Waals surface area contributed by atoms with E-state index in [9.17, 15) is 0 Å². The van der Waals surface area contributed by atoms with E-state index in [-0.39, 0.29) is 0 Å². The topological polar surface area (TPSA) is 65.0 Å². The summed E-state index contributed by atoms with van der Waals surface area (Å²) < 4.78 is 12.9. The number of allylic oxidation sites excluding steroid dienone is 4. The Morgan fingerprint density at radius 2 is 1.04 bits per heavy atom. The van der Waals surface area contributed by atoms with Crippen LogP contribution in [0.3, 0.4) is 0 Å². The van der Waals surface area contributed by atoms with Crippen molar-refractivity contribution in [1.82, 2.24) is 15.0 Å². The van der Waals surface area contributed by atoms with Crippen molar-refractivity contribution in [2.45, 2.75) is 12.8 Å². The molecule has 0 atom stereocenters. The van der Waals surface area contributed by atoms with E-state index < -0.39 is 0 Å². The number of para-hydroxylation sites is 2. The smallest absolute Gasteiger partial charge is 0.165 e. The van der Waals surface area contributed by atoms with E-state index in [1.54, 1.807) is 0 Å². The van der Waals surface area contributed by atoms with Gasteiger partial charge in [0.15, 0.2) is 17.5 Å². The fourth-order valence-corrected chi connectivity index (χ4v) is 7.99. The van der Waals surface area contributed by atoms with Gasteiger partial charge in [0, 0.05) is 32.7 Å². The molecular weight excluding hydrogens is 663 g/mol. The van der Waals surface area contributed by atoms with Crippen molar-refractivity contribution in [2.24, 2.45) is 0 Å². The van der Waals surface area contributed by atoms with Gasteiger partial charge in [-0.05, 0) is 93.9 Å². The average molecular weight is 694 g/mol. The summed E-state index contributed by atoms with van der Waals surface area (Å²) >= 11 is 0. The van der Waals surface area contributed by atoms with Crippen LogP contribution in [0.4, 0.5) is 0 Å². The van der Waals surface area contributed by atoms with Gasteiger partial charge in [-0.25, -0.2) is 15.0 Å². The summed E-state index contributed by atoms with van der Waals surface area (Å²) in [7, 11) is 0. The molecule has 0 radical (unpaired) electrons. The number of furan rings is 2. The van der Waals surface area contributed by atoms with E-state index in [2.05, 4.69) is 133 Å². The molecule has 11 rings (SSSR count). The third kappa shape index (κ3) is 5.05. The maximum atomic E-state index is 6.47. The van der Waals surface area contributed by atoms with Gasteiger partial charge in [0.2, 0.25) is 0 Å². The highest BCUT2D eigenvalue weighted by atomic mass is 16.3. The number of aromatic nitrogens is 3. The Morgan fingerprint density at radius 1 is 0.389 bits per heavy atom. The number of benzene rings is 7. The average Bonchev–Trinajstić information content (AvgIpc) is 3.81. The quantitative estimate of drug-likeness (QED) is 0.179. The van der Waals surface area contributed by atoms with E-state index in [1.807, 2.05) is 30.3 Å². The van der Waals surface area contributed by atoms with Gasteiger partial charge in [0.25, 0.3) is 0 Å². The van der Waals surface area contributed by atoms with E-state index in [1.165, 1.54) is 16.5 Å². The first-order chi connectivity index (χ1) is 26.7. The fraction of sp³-hybridized carbons (Fsp3) is 0.0408. The van der Waals surface area contributed by atoms with Gasteiger partial charge in [0.05, 0.1) is 0 Å². The summed E-state index contributed by atoms with van der Waals surface area (Å²) in [6.07, 6.45) is 6.10. The van der Waals surface area contributed by atoms with Gasteiger partial charge >= 0.3 is 0 Å². The Labute approximate surface area is 310 Å². The lowest BCUT2D eigenvalue weighted by Gasteiger charge is -2.17. The Hall–Kier alpha value is -7.11. The highest BCUT2D eigenvalue weighted by molar-refractivity contribution is 6.16. The van der Waals surface area contributed by atoms with Crippen molar-refractivity contribution < 1.29 is 8.83 Å². The van der Waals surface area contributed by atoms with Gasteiger partial charge in [-0.15, -0.1) is 0 Å². The van der Waals surface area contributed by atoms with Crippen LogP contribution < -0.4 is 0 Å². The molecule has 0 N–H and O–H groups in total. The molecule has 3 heterocycles. The number of hydrogen-bond donors (Lipinski definition) is 0. The second kappa shape index (κ2) is 12.2. The van der Waals surface area contributed by atoms with Crippen LogP contribution in [0.25, 0.3) is 99.7 Å². The van der Waals surface area contributed by atoms with Gasteiger partial charge in [-0.1, -0.05) is 121 Å². The van der Waals surface area contributed by atoms with Crippen molar-refractivity contribution in [3.63, 3.8) is 0 Å². The lowest BCUT2D eigenvalue weighted by Crippen LogP contribution is -2.05. The molecule has 0 amide bonds. The molecule has 0 saturated carbocycles. The van der Waals surface area contributed by atoms with Crippen molar-refractivity contribution in [1.29, 1.82) is 0 Å². The van der Waals surface area contributed by atoms with Crippen LogP contribution in [0, 0.1) is 0 Å². The van der Waals surface area contributed by atoms with Gasteiger partial charge in [-0.2, -0.15) is 0 Å². The molecule has 1 aliphatic rings. The van der Waals surface area contributed by atoms with Crippen LogP contribution in [-0.2, 0) is 0 Å². The molecule has 7 aromatic carbocycles. The largest absolute Gasteiger partial charge is 0.456 e. The van der Waals surface area contributed by atoms with E-state index >= 15 is 0 Å². The number of nitrogens with zero attached hydrogens (tertiary/aromatic N) is 3. The van der Waals surface area contributed by atoms with E-state index in [0.29, 0.717) is 17.5 Å². The summed E-state index contributed by atoms with van der Waals surface area (Å²) in [5, 5.41) is 6.46. The second-order valence-electron chi connectivity index (χ2n) is 13.9. The first kappa shape index (κ1) is 30.5. The molecule has 5 heteroatoms. The Morgan fingerprint density at radius 3 is 1.89 bits per heavy atom. The molecule has 0 saturated heterocycles. The SMILES string of the molecule is C1=C(c2ccccc2)CCC(c2nc(-c3ccc4ccccc4c3)nc(-c3c(-c4ccc5c(c4)oc4ccccc45)ccc4oc5ccccc5c34)n2)=C1. The number of fused-ring (bicyclic) bond motifs is 7. The van der Waals surface area contributed by atoms with Crippen LogP contribution in [0.5, 0.6) is 0 Å². The van der Waals surface area contributed by atoms with Gasteiger partial charge < -0.3 is 8.83 Å². The highest BCUT2D eigenvalue weighted by Gasteiger charge is 2.23. The normalized spacial score (nSPS) is 13.3. The van der Waals surface area contributed by atoms with Crippen molar-refractivity contribution in [3.8, 4) is 33.9 Å². The molecule has 0 aliphatic heterocycles. The molecular formula is C49H31N3O2. The minimum absolute atomic E-state index is 0.596. The lowest BCUT2D eigenvalue weighted by molar-refractivity contribution is 0.669. The summed E-state index contributed by atoms with van der Waals surface area (Å²) in [5.41, 5.74) is 10.7. The number of hydrogen-bond acceptors (Lipinski definition) is 5. The molecule has 1 aliphatic carbocycles. The van der Waals surface area contributed by atoms with Crippen LogP contribution in [0.2, 0.25) is 0 Å². The lowest BCUT2D eigenvalue weighted by atomic mass is 9.92. The Balaban J connectivity index is 1.17. The molecule has 54 heavy (non-hydrogen) atoms. The van der Waals surface area contributed by atoms with Crippen LogP contribution in [0.1, 0.15) is 24.2 Å². The van der Waals surface area contributed by atoms with Crippen LogP contribution in [0.15, 0.2) is 173 Å². The van der Waals surface area contributed by atoms with Gasteiger partial charge in [-0.3, -0.25) is 0 Å². The van der Waals surface area contributed by atoms with Crippen LogP contribution in [-0.4, -0.2) is 15.0 Å². The zero-order chi connectivity index (χ0) is 35.6. The highest BCUT2D eigenvalue weighted by Crippen LogP contribution is 2.44. The molecule has 0 bridgehead atoms. The first-order valence-corrected chi connectivity index (χ1v) is 18.3. The Bertz CT molecular complexity index is 3170. The molecule has 0 fully saturated rings. The maximum Gasteiger partial charge on any atom is 0.165 e. The zero-order valence-electron chi connectivity index (χ0n) is 29.2. The monoisotopic (exact) mass is 693 g/mol. The van der Waals surface area contributed by atoms with Crippen molar-refractivity contribution in [2.75, 3.05) is 0 Å². The number of rotatable bonds is 5. The Kier molecular flexibility index (Phi) is 6.92. The first-order valence-electron chi connectivity index (χ1n) is 18.3. The summed E-state index contributed by atoms with van der Waals surface area (Å²) in [6.45, 7) is 0. The standard InChI is InChI=1S/C49H31N3O2/c1-2-10-30(11-3-1)32-18-21-33(22-19-32)47-50-48(36-23-20-31-12-4-5-13-34(31)28-36)52-49(51-47)46-37(26-27-43-45(46)40-15-7-9-17-42(40)53-43)35-24-25-39-38-14-6-8-16-41(38)54-44(39)29-35/h1-18,20-21,23-29H,19,22H2. The molecule has 10 aromatic rings. The summed E-state index contributed by atoms with van der Waals surface area (Å²) in [6, 6.07) is 52.4. The van der Waals surface area contributed by atoms with E-state index in [0.717, 1.165) is 89.9 Å². The third-order valence-corrected chi connectivity index (χ3v) is 10.7. The minimum Gasteiger partial charge on any atom is -0.456 e. The predicted molar refractivity (Wildman–Crippen MR) is 220 cm³/mol. The van der Waals surface area contributed by atoms with Gasteiger partial charge in [0.1, 0.15) is 22.3 Å². The fourth-order valence-electron chi connectivity index (χ4n) is 7.99. The van der Waals surface area contributed by atoms with Crippen molar-refractivity contribution in [3.05, 3.63) is 175 Å². The minimum atomic E-state index is 0.596. The molecule has 0 spiro atoms. The second-order valence-corrected chi connectivity index (χ2v) is 13.9. The van der Waals surface area contributed by atoms with Crippen LogP contribution >= 0.6 is 0 Å². The molecule has 3 aromatic heterocycles. The molecule has 254 valence electrons. The molecule has 0 unspecified atom stereocenters. The maximum absolute atomic E-state index is 6.47. The van der Waals surface area contributed by atoms with Crippen molar-refractivity contribution >= 4 is 65.8 Å². The predicted octanol–water partition coefficient (Wildman–Crippen LogP) is 13.1. The summed E-state index contributed by atoms with van der Waals surface area (Å²) in [4.78, 5) is 15.9. The zero-order valence-corrected chi connectivity index (χ0v) is 29.2. The third-order valence-electron chi connectivity index (χ3n) is 10.7.